The molecule has 17 heavy (non-hydrogen) atoms. The second kappa shape index (κ2) is 4.92. The summed E-state index contributed by atoms with van der Waals surface area (Å²) in [7, 11) is 0. The highest BCUT2D eigenvalue weighted by Gasteiger charge is 2.52. The van der Waals surface area contributed by atoms with E-state index in [-0.39, 0.29) is 18.1 Å². The molecule has 2 aliphatic rings. The first kappa shape index (κ1) is 12.8. The fourth-order valence-corrected chi connectivity index (χ4v) is 2.55. The molecule has 0 spiro atoms. The van der Waals surface area contributed by atoms with Crippen molar-refractivity contribution < 1.29 is 9.53 Å². The minimum Gasteiger partial charge on any atom is -0.465 e. The van der Waals surface area contributed by atoms with E-state index in [1.807, 2.05) is 6.92 Å². The molecule has 2 fully saturated rings. The lowest BCUT2D eigenvalue weighted by atomic mass is 9.87. The van der Waals surface area contributed by atoms with Gasteiger partial charge in [0.1, 0.15) is 5.54 Å². The van der Waals surface area contributed by atoms with Crippen LogP contribution in [-0.4, -0.2) is 36.2 Å². The van der Waals surface area contributed by atoms with E-state index in [4.69, 9.17) is 16.2 Å². The number of carbonyl (C=O) groups is 1. The lowest BCUT2D eigenvalue weighted by molar-refractivity contribution is -0.147. The Hall–Kier alpha value is -0.650. The normalized spacial score (nSPS) is 35.4. The van der Waals surface area contributed by atoms with Gasteiger partial charge in [-0.1, -0.05) is 0 Å². The summed E-state index contributed by atoms with van der Waals surface area (Å²) in [4.78, 5) is 11.8. The quantitative estimate of drug-likeness (QED) is 0.597. The van der Waals surface area contributed by atoms with Gasteiger partial charge in [0.25, 0.3) is 0 Å². The molecule has 1 unspecified atom stereocenters. The van der Waals surface area contributed by atoms with Gasteiger partial charge in [-0.3, -0.25) is 10.1 Å². The predicted molar refractivity (Wildman–Crippen MR) is 65.3 cm³/mol. The van der Waals surface area contributed by atoms with Crippen molar-refractivity contribution in [2.24, 2.45) is 11.5 Å². The summed E-state index contributed by atoms with van der Waals surface area (Å²) in [5.41, 5.74) is 11.4. The Morgan fingerprint density at radius 2 is 2.06 bits per heavy atom. The second-order valence-electron chi connectivity index (χ2n) is 5.28. The third kappa shape index (κ3) is 2.78. The van der Waals surface area contributed by atoms with Crippen molar-refractivity contribution in [3.8, 4) is 0 Å². The summed E-state index contributed by atoms with van der Waals surface area (Å²) in [6.07, 6.45) is 4.53. The average molecular weight is 241 g/mol. The monoisotopic (exact) mass is 241 g/mol. The van der Waals surface area contributed by atoms with E-state index in [9.17, 15) is 4.79 Å². The summed E-state index contributed by atoms with van der Waals surface area (Å²) in [6.45, 7) is 2.28. The van der Waals surface area contributed by atoms with Crippen molar-refractivity contribution in [2.75, 3.05) is 6.61 Å². The van der Waals surface area contributed by atoms with E-state index in [1.165, 1.54) is 0 Å². The zero-order valence-electron chi connectivity index (χ0n) is 10.4. The number of carbonyl (C=O) groups excluding carboxylic acids is 1. The predicted octanol–water partition coefficient (Wildman–Crippen LogP) is -0.121. The van der Waals surface area contributed by atoms with Crippen LogP contribution in [0.2, 0.25) is 0 Å². The number of ether oxygens (including phenoxy) is 1. The molecule has 3 atom stereocenters. The van der Waals surface area contributed by atoms with Crippen molar-refractivity contribution in [1.29, 1.82) is 0 Å². The lowest BCUT2D eigenvalue weighted by Crippen LogP contribution is -2.54. The van der Waals surface area contributed by atoms with Gasteiger partial charge in [0.15, 0.2) is 0 Å². The lowest BCUT2D eigenvalue weighted by Gasteiger charge is -2.34. The van der Waals surface area contributed by atoms with E-state index in [1.54, 1.807) is 0 Å². The Bertz CT molecular complexity index is 291. The Kier molecular flexibility index (Phi) is 3.70. The summed E-state index contributed by atoms with van der Waals surface area (Å²) in [5, 5.41) is 3.43. The zero-order valence-corrected chi connectivity index (χ0v) is 10.4. The number of nitrogens with one attached hydrogen (secondary N) is 1. The molecular formula is C12H23N3O2. The molecule has 5 N–H and O–H groups in total. The largest absolute Gasteiger partial charge is 0.465 e. The maximum Gasteiger partial charge on any atom is 0.326 e. The van der Waals surface area contributed by atoms with Crippen LogP contribution in [0.25, 0.3) is 0 Å². The number of nitrogens with two attached hydrogens (primary N) is 2. The molecular weight excluding hydrogens is 218 g/mol. The Morgan fingerprint density at radius 3 is 2.59 bits per heavy atom. The van der Waals surface area contributed by atoms with Gasteiger partial charge in [0.2, 0.25) is 0 Å². The van der Waals surface area contributed by atoms with Crippen LogP contribution in [0.4, 0.5) is 0 Å². The minimum atomic E-state index is -0.415. The zero-order chi connectivity index (χ0) is 12.5. The molecule has 2 aliphatic carbocycles. The summed E-state index contributed by atoms with van der Waals surface area (Å²) in [6, 6.07) is 0.446. The van der Waals surface area contributed by atoms with Crippen LogP contribution in [-0.2, 0) is 9.53 Å². The molecule has 0 saturated heterocycles. The van der Waals surface area contributed by atoms with Crippen molar-refractivity contribution in [2.45, 2.75) is 62.7 Å². The molecule has 0 bridgehead atoms. The standard InChI is InChI=1S/C12H23N3O2/c1-2-17-11(16)12(5-6-12)15-8-3-4-9(13)10(14)7-8/h8-10,15H,2-7,13-14H2,1H3/t8?,9-,10+/m1/s1. The smallest absolute Gasteiger partial charge is 0.326 e. The molecule has 0 amide bonds. The number of esters is 1. The van der Waals surface area contributed by atoms with Crippen LogP contribution >= 0.6 is 0 Å². The highest BCUT2D eigenvalue weighted by molar-refractivity contribution is 5.84. The highest BCUT2D eigenvalue weighted by Crippen LogP contribution is 2.38. The average Bonchev–Trinajstić information content (AvgIpc) is 3.05. The van der Waals surface area contributed by atoms with Gasteiger partial charge in [-0.25, -0.2) is 0 Å². The molecule has 0 aromatic carbocycles. The third-order valence-corrected chi connectivity index (χ3v) is 3.85. The summed E-state index contributed by atoms with van der Waals surface area (Å²) >= 11 is 0. The van der Waals surface area contributed by atoms with Crippen LogP contribution in [0.15, 0.2) is 0 Å². The molecule has 2 saturated carbocycles. The molecule has 0 aliphatic heterocycles. The van der Waals surface area contributed by atoms with E-state index >= 15 is 0 Å². The molecule has 0 heterocycles. The van der Waals surface area contributed by atoms with E-state index in [0.717, 1.165) is 32.1 Å². The van der Waals surface area contributed by atoms with Crippen LogP contribution in [0, 0.1) is 0 Å². The van der Waals surface area contributed by atoms with Crippen LogP contribution < -0.4 is 16.8 Å². The first-order chi connectivity index (χ1) is 8.07. The number of rotatable bonds is 4. The summed E-state index contributed by atoms with van der Waals surface area (Å²) in [5.74, 6) is -0.108. The van der Waals surface area contributed by atoms with E-state index in [2.05, 4.69) is 5.32 Å². The van der Waals surface area contributed by atoms with Crippen LogP contribution in [0.1, 0.15) is 39.0 Å². The van der Waals surface area contributed by atoms with Gasteiger partial charge < -0.3 is 16.2 Å². The molecule has 2 rings (SSSR count). The van der Waals surface area contributed by atoms with Crippen molar-refractivity contribution >= 4 is 5.97 Å². The minimum absolute atomic E-state index is 0.0410. The van der Waals surface area contributed by atoms with Gasteiger partial charge >= 0.3 is 5.97 Å². The highest BCUT2D eigenvalue weighted by atomic mass is 16.5. The topological polar surface area (TPSA) is 90.4 Å². The number of hydrogen-bond donors (Lipinski definition) is 3. The van der Waals surface area contributed by atoms with E-state index < -0.39 is 5.54 Å². The fourth-order valence-electron chi connectivity index (χ4n) is 2.55. The SMILES string of the molecule is CCOC(=O)C1(NC2CC[C@@H](N)[C@@H](N)C2)CC1. The van der Waals surface area contributed by atoms with Crippen LogP contribution in [0.3, 0.4) is 0 Å². The van der Waals surface area contributed by atoms with Crippen molar-refractivity contribution in [3.05, 3.63) is 0 Å². The number of hydrogen-bond acceptors (Lipinski definition) is 5. The van der Waals surface area contributed by atoms with Gasteiger partial charge in [-0.2, -0.15) is 0 Å². The third-order valence-electron chi connectivity index (χ3n) is 3.85. The molecule has 0 aromatic heterocycles. The van der Waals surface area contributed by atoms with Gasteiger partial charge in [0.05, 0.1) is 6.61 Å². The second-order valence-corrected chi connectivity index (χ2v) is 5.28. The van der Waals surface area contributed by atoms with E-state index in [0.29, 0.717) is 12.6 Å². The molecule has 5 nitrogen and oxygen atoms in total. The van der Waals surface area contributed by atoms with Crippen LogP contribution in [0.5, 0.6) is 0 Å². The van der Waals surface area contributed by atoms with Gasteiger partial charge in [-0.15, -0.1) is 0 Å². The Labute approximate surface area is 102 Å². The molecule has 0 radical (unpaired) electrons. The van der Waals surface area contributed by atoms with Crippen molar-refractivity contribution in [1.82, 2.24) is 5.32 Å². The van der Waals surface area contributed by atoms with Gasteiger partial charge in [-0.05, 0) is 39.0 Å². The molecule has 5 heteroatoms. The van der Waals surface area contributed by atoms with Crippen molar-refractivity contribution in [3.63, 3.8) is 0 Å². The molecule has 0 aromatic rings. The fraction of sp³-hybridized carbons (Fsp3) is 0.917. The summed E-state index contributed by atoms with van der Waals surface area (Å²) < 4.78 is 5.10. The maximum atomic E-state index is 11.8. The Morgan fingerprint density at radius 1 is 1.35 bits per heavy atom. The maximum absolute atomic E-state index is 11.8. The molecule has 98 valence electrons. The van der Waals surface area contributed by atoms with Gasteiger partial charge in [0, 0.05) is 18.1 Å². The Balaban J connectivity index is 1.87. The first-order valence-corrected chi connectivity index (χ1v) is 6.53. The first-order valence-electron chi connectivity index (χ1n) is 6.53.